The second kappa shape index (κ2) is 8.40. The number of rotatable bonds is 7. The van der Waals surface area contributed by atoms with E-state index in [9.17, 15) is 5.11 Å². The monoisotopic (exact) mass is 435 g/mol. The van der Waals surface area contributed by atoms with Gasteiger partial charge >= 0.3 is 0 Å². The van der Waals surface area contributed by atoms with E-state index in [1.54, 1.807) is 5.57 Å². The van der Waals surface area contributed by atoms with Gasteiger partial charge in [-0.2, -0.15) is 0 Å². The number of aliphatic imine (C=N–C) groups is 1. The zero-order valence-electron chi connectivity index (χ0n) is 20.2. The lowest BCUT2D eigenvalue weighted by molar-refractivity contribution is -0.147. The van der Waals surface area contributed by atoms with Gasteiger partial charge < -0.3 is 9.84 Å². The van der Waals surface area contributed by atoms with Crippen molar-refractivity contribution in [3.05, 3.63) is 47.5 Å². The summed E-state index contributed by atoms with van der Waals surface area (Å²) in [5.41, 5.74) is 2.67. The predicted octanol–water partition coefficient (Wildman–Crippen LogP) is 6.36. The van der Waals surface area contributed by atoms with Crippen LogP contribution < -0.4 is 0 Å². The van der Waals surface area contributed by atoms with Crippen LogP contribution in [0.3, 0.4) is 0 Å². The van der Waals surface area contributed by atoms with E-state index in [4.69, 9.17) is 9.73 Å². The van der Waals surface area contributed by atoms with Gasteiger partial charge in [0.05, 0.1) is 18.2 Å². The maximum Gasteiger partial charge on any atom is 0.0716 e. The topological polar surface area (TPSA) is 41.8 Å². The van der Waals surface area contributed by atoms with Gasteiger partial charge in [0, 0.05) is 30.1 Å². The summed E-state index contributed by atoms with van der Waals surface area (Å²) in [4.78, 5) is 5.31. The summed E-state index contributed by atoms with van der Waals surface area (Å²) in [6, 6.07) is 10.7. The number of allylic oxidation sites excluding steroid dienone is 2. The van der Waals surface area contributed by atoms with Crippen molar-refractivity contribution in [3.63, 3.8) is 0 Å². The highest BCUT2D eigenvalue weighted by Gasteiger charge is 2.67. The quantitative estimate of drug-likeness (QED) is 0.400. The average Bonchev–Trinajstić information content (AvgIpc) is 3.21. The standard InChI is InChI=1S/C29H41NO2/c1-27(2,31)25-15-17-28(3)23-14-13-22-11-7-12-24(22)29(28,26(25)30-19-23)16-8-18-32-20-21-9-5-4-6-10-21/h4-6,9-11,19,23-26,31H,7-8,12-18,20H2,1-3H3/t23-,24-,25+,26-,28+,29+/m1/s1. The van der Waals surface area contributed by atoms with Crippen LogP contribution >= 0.6 is 0 Å². The lowest BCUT2D eigenvalue weighted by Crippen LogP contribution is -2.65. The fraction of sp³-hybridized carbons (Fsp3) is 0.690. The molecule has 4 bridgehead atoms. The highest BCUT2D eigenvalue weighted by molar-refractivity contribution is 5.65. The molecular formula is C29H41NO2. The van der Waals surface area contributed by atoms with Crippen molar-refractivity contribution in [3.8, 4) is 0 Å². The number of fused-ring (bicyclic) bond motifs is 1. The van der Waals surface area contributed by atoms with E-state index in [0.717, 1.165) is 25.9 Å². The molecular weight excluding hydrogens is 394 g/mol. The number of benzene rings is 1. The molecule has 0 unspecified atom stereocenters. The van der Waals surface area contributed by atoms with Gasteiger partial charge in [-0.25, -0.2) is 0 Å². The molecule has 0 saturated heterocycles. The van der Waals surface area contributed by atoms with Crippen molar-refractivity contribution >= 4 is 6.21 Å². The molecule has 4 aliphatic rings. The molecule has 1 aromatic rings. The van der Waals surface area contributed by atoms with Crippen molar-refractivity contribution in [1.82, 2.24) is 0 Å². The molecule has 6 atom stereocenters. The molecule has 174 valence electrons. The average molecular weight is 436 g/mol. The minimum absolute atomic E-state index is 0.143. The zero-order valence-corrected chi connectivity index (χ0v) is 20.2. The summed E-state index contributed by atoms with van der Waals surface area (Å²) in [5.74, 6) is 1.43. The largest absolute Gasteiger partial charge is 0.390 e. The highest BCUT2D eigenvalue weighted by atomic mass is 16.5. The first kappa shape index (κ1) is 22.3. The molecule has 3 heteroatoms. The summed E-state index contributed by atoms with van der Waals surface area (Å²) in [5, 5.41) is 11.2. The first-order chi connectivity index (χ1) is 15.4. The molecule has 0 spiro atoms. The van der Waals surface area contributed by atoms with Gasteiger partial charge in [-0.3, -0.25) is 4.99 Å². The normalized spacial score (nSPS) is 38.2. The smallest absolute Gasteiger partial charge is 0.0716 e. The molecule has 2 saturated carbocycles. The number of hydrogen-bond acceptors (Lipinski definition) is 3. The molecule has 0 amide bonds. The van der Waals surface area contributed by atoms with Crippen molar-refractivity contribution in [2.45, 2.75) is 90.4 Å². The first-order valence-corrected chi connectivity index (χ1v) is 12.9. The van der Waals surface area contributed by atoms with Crippen molar-refractivity contribution in [2.75, 3.05) is 6.61 Å². The van der Waals surface area contributed by atoms with E-state index in [1.807, 2.05) is 13.8 Å². The van der Waals surface area contributed by atoms with Crippen LogP contribution in [0.25, 0.3) is 0 Å². The molecule has 32 heavy (non-hydrogen) atoms. The lowest BCUT2D eigenvalue weighted by atomic mass is 9.41. The second-order valence-electron chi connectivity index (χ2n) is 11.7. The number of ether oxygens (including phenoxy) is 1. The Hall–Kier alpha value is -1.45. The van der Waals surface area contributed by atoms with Gasteiger partial charge in [-0.05, 0) is 82.1 Å². The molecule has 1 N–H and O–H groups in total. The van der Waals surface area contributed by atoms with E-state index in [0.29, 0.717) is 18.4 Å². The molecule has 1 heterocycles. The zero-order chi connectivity index (χ0) is 22.4. The maximum atomic E-state index is 11.2. The fourth-order valence-corrected chi connectivity index (χ4v) is 8.20. The van der Waals surface area contributed by atoms with Gasteiger partial charge in [-0.15, -0.1) is 0 Å². The molecule has 0 radical (unpaired) electrons. The number of aliphatic hydroxyl groups is 1. The highest BCUT2D eigenvalue weighted by Crippen LogP contribution is 2.70. The Labute approximate surface area is 194 Å². The first-order valence-electron chi connectivity index (χ1n) is 12.9. The summed E-state index contributed by atoms with van der Waals surface area (Å²) >= 11 is 0. The summed E-state index contributed by atoms with van der Waals surface area (Å²) < 4.78 is 6.13. The third kappa shape index (κ3) is 3.51. The molecule has 0 aromatic heterocycles. The maximum absolute atomic E-state index is 11.2. The molecule has 3 aliphatic carbocycles. The number of nitrogens with zero attached hydrogens (tertiary/aromatic N) is 1. The summed E-state index contributed by atoms with van der Waals surface area (Å²) in [6.45, 7) is 8.10. The fourth-order valence-electron chi connectivity index (χ4n) is 8.20. The third-order valence-corrected chi connectivity index (χ3v) is 9.77. The van der Waals surface area contributed by atoms with Crippen molar-refractivity contribution in [2.24, 2.45) is 33.6 Å². The van der Waals surface area contributed by atoms with Gasteiger partial charge in [0.1, 0.15) is 0 Å². The molecule has 1 aromatic carbocycles. The Bertz CT molecular complexity index is 869. The number of hydrogen-bond donors (Lipinski definition) is 1. The molecule has 1 aliphatic heterocycles. The SMILES string of the molecule is CC(C)(O)[C@H]1CC[C@@]2(C)[C@H]3C=N[C@H]1[C@]2(CCCOCc1ccccc1)[C@@H]1CCC=C1CC3. The van der Waals surface area contributed by atoms with Gasteiger partial charge in [0.2, 0.25) is 0 Å². The van der Waals surface area contributed by atoms with Crippen LogP contribution in [0.4, 0.5) is 0 Å². The van der Waals surface area contributed by atoms with E-state index in [-0.39, 0.29) is 22.8 Å². The lowest BCUT2D eigenvalue weighted by Gasteiger charge is -2.65. The van der Waals surface area contributed by atoms with Gasteiger partial charge in [-0.1, -0.05) is 48.9 Å². The molecule has 5 rings (SSSR count). The van der Waals surface area contributed by atoms with Gasteiger partial charge in [0.25, 0.3) is 0 Å². The van der Waals surface area contributed by atoms with Crippen molar-refractivity contribution < 1.29 is 9.84 Å². The Morgan fingerprint density at radius 2 is 1.97 bits per heavy atom. The Kier molecular flexibility index (Phi) is 5.87. The third-order valence-electron chi connectivity index (χ3n) is 9.77. The molecule has 3 nitrogen and oxygen atoms in total. The molecule has 2 fully saturated rings. The second-order valence-corrected chi connectivity index (χ2v) is 11.7. The van der Waals surface area contributed by atoms with E-state index >= 15 is 0 Å². The Morgan fingerprint density at radius 3 is 2.75 bits per heavy atom. The van der Waals surface area contributed by atoms with Crippen molar-refractivity contribution in [1.29, 1.82) is 0 Å². The van der Waals surface area contributed by atoms with Gasteiger partial charge in [0.15, 0.2) is 0 Å². The van der Waals surface area contributed by atoms with Crippen LogP contribution in [-0.4, -0.2) is 29.6 Å². The predicted molar refractivity (Wildman–Crippen MR) is 131 cm³/mol. The van der Waals surface area contributed by atoms with Crippen LogP contribution in [0.1, 0.15) is 77.7 Å². The minimum Gasteiger partial charge on any atom is -0.390 e. The van der Waals surface area contributed by atoms with Crippen LogP contribution in [-0.2, 0) is 11.3 Å². The van der Waals surface area contributed by atoms with Crippen LogP contribution in [0.2, 0.25) is 0 Å². The van der Waals surface area contributed by atoms with E-state index in [1.165, 1.54) is 37.7 Å². The van der Waals surface area contributed by atoms with E-state index in [2.05, 4.69) is 49.5 Å². The Balaban J connectivity index is 1.43. The van der Waals surface area contributed by atoms with E-state index < -0.39 is 5.60 Å². The van der Waals surface area contributed by atoms with Crippen LogP contribution in [0.5, 0.6) is 0 Å². The van der Waals surface area contributed by atoms with Crippen LogP contribution in [0.15, 0.2) is 47.0 Å². The van der Waals surface area contributed by atoms with Crippen LogP contribution in [0, 0.1) is 28.6 Å². The minimum atomic E-state index is -0.693. The summed E-state index contributed by atoms with van der Waals surface area (Å²) in [7, 11) is 0. The Morgan fingerprint density at radius 1 is 1.16 bits per heavy atom. The summed E-state index contributed by atoms with van der Waals surface area (Å²) in [6.07, 6.45) is 14.4.